The van der Waals surface area contributed by atoms with Crippen LogP contribution >= 0.6 is 0 Å². The minimum absolute atomic E-state index is 0.113. The van der Waals surface area contributed by atoms with Crippen molar-refractivity contribution in [2.45, 2.75) is 19.1 Å². The number of carbonyl (C=O) groups excluding carboxylic acids is 1. The monoisotopic (exact) mass is 513 g/mol. The number of hydrogen-bond donors (Lipinski definition) is 1. The Morgan fingerprint density at radius 3 is 2.40 bits per heavy atom. The smallest absolute Gasteiger partial charge is 0.401 e. The lowest BCUT2D eigenvalue weighted by molar-refractivity contribution is -0.149. The van der Waals surface area contributed by atoms with Crippen molar-refractivity contribution in [3.8, 4) is 11.3 Å². The molecule has 35 heavy (non-hydrogen) atoms. The molecule has 0 saturated carbocycles. The van der Waals surface area contributed by atoms with Crippen molar-refractivity contribution in [1.29, 1.82) is 0 Å². The molecular formula is C23H23F4N3O4S. The van der Waals surface area contributed by atoms with Gasteiger partial charge in [0.05, 0.1) is 24.1 Å². The number of amides is 1. The van der Waals surface area contributed by atoms with Crippen LogP contribution in [0.15, 0.2) is 40.8 Å². The molecule has 1 unspecified atom stereocenters. The fourth-order valence-electron chi connectivity index (χ4n) is 4.38. The maximum Gasteiger partial charge on any atom is 0.401 e. The summed E-state index contributed by atoms with van der Waals surface area (Å²) in [5, 5.41) is 2.82. The minimum atomic E-state index is -4.49. The molecule has 0 spiro atoms. The number of hydrogen-bond acceptors (Lipinski definition) is 5. The molecule has 0 fully saturated rings. The van der Waals surface area contributed by atoms with Gasteiger partial charge in [0.2, 0.25) is 10.0 Å². The van der Waals surface area contributed by atoms with Crippen LogP contribution in [0, 0.1) is 5.82 Å². The standard InChI is InChI=1S/C23H23F4N3O4S/c1-13-16-10-17-19(34-21(20(17)22(31)28-2)14-4-6-15(24)7-5-14)11-18(16)30(35(3,32)33)9-8-29(13)12-23(25,26)27/h4-7,10-11,13H,8-9,12H2,1-3H3,(H,28,31). The molecule has 0 aliphatic carbocycles. The van der Waals surface area contributed by atoms with Crippen molar-refractivity contribution in [2.24, 2.45) is 0 Å². The van der Waals surface area contributed by atoms with Gasteiger partial charge in [0.1, 0.15) is 17.2 Å². The Morgan fingerprint density at radius 1 is 1.17 bits per heavy atom. The summed E-state index contributed by atoms with van der Waals surface area (Å²) in [7, 11) is -2.43. The van der Waals surface area contributed by atoms with Gasteiger partial charge in [-0.2, -0.15) is 13.2 Å². The largest absolute Gasteiger partial charge is 0.455 e. The molecule has 0 bridgehead atoms. The molecule has 3 aromatic rings. The van der Waals surface area contributed by atoms with E-state index in [1.54, 1.807) is 6.92 Å². The Labute approximate surface area is 199 Å². The number of fused-ring (bicyclic) bond motifs is 2. The SMILES string of the molecule is CNC(=O)c1c(-c2ccc(F)cc2)oc2cc3c(cc12)C(C)N(CC(F)(F)F)CCN3S(C)(=O)=O. The van der Waals surface area contributed by atoms with E-state index in [1.165, 1.54) is 43.4 Å². The Bertz CT molecular complexity index is 1380. The molecule has 2 heterocycles. The molecule has 1 aromatic heterocycles. The van der Waals surface area contributed by atoms with Crippen molar-refractivity contribution in [2.75, 3.05) is 37.2 Å². The molecule has 1 atom stereocenters. The van der Waals surface area contributed by atoms with Crippen molar-refractivity contribution in [3.63, 3.8) is 0 Å². The zero-order valence-corrected chi connectivity index (χ0v) is 19.9. The van der Waals surface area contributed by atoms with Gasteiger partial charge in [-0.15, -0.1) is 0 Å². The normalized spacial score (nSPS) is 17.3. The molecule has 2 aromatic carbocycles. The summed E-state index contributed by atoms with van der Waals surface area (Å²) in [6, 6.07) is 7.38. The summed E-state index contributed by atoms with van der Waals surface area (Å²) in [6.45, 7) is -0.000995. The lowest BCUT2D eigenvalue weighted by Gasteiger charge is -2.28. The number of rotatable bonds is 4. The second kappa shape index (κ2) is 8.83. The fourth-order valence-corrected chi connectivity index (χ4v) is 5.30. The first-order chi connectivity index (χ1) is 16.3. The fraction of sp³-hybridized carbons (Fsp3) is 0.348. The van der Waals surface area contributed by atoms with Crippen LogP contribution in [0.5, 0.6) is 0 Å². The highest BCUT2D eigenvalue weighted by molar-refractivity contribution is 7.92. The Morgan fingerprint density at radius 2 is 1.83 bits per heavy atom. The van der Waals surface area contributed by atoms with Crippen LogP contribution in [0.1, 0.15) is 28.9 Å². The predicted octanol–water partition coefficient (Wildman–Crippen LogP) is 4.30. The lowest BCUT2D eigenvalue weighted by Crippen LogP contribution is -2.39. The molecular weight excluding hydrogens is 490 g/mol. The number of nitrogens with one attached hydrogen (secondary N) is 1. The van der Waals surface area contributed by atoms with E-state index in [2.05, 4.69) is 5.32 Å². The van der Waals surface area contributed by atoms with E-state index in [1.807, 2.05) is 0 Å². The molecule has 4 rings (SSSR count). The second-order valence-electron chi connectivity index (χ2n) is 8.40. The second-order valence-corrected chi connectivity index (χ2v) is 10.3. The molecule has 1 aliphatic rings. The average molecular weight is 514 g/mol. The summed E-state index contributed by atoms with van der Waals surface area (Å²) in [4.78, 5) is 14.0. The number of carbonyl (C=O) groups is 1. The maximum absolute atomic E-state index is 13.5. The third-order valence-electron chi connectivity index (χ3n) is 6.04. The molecule has 0 radical (unpaired) electrons. The Kier molecular flexibility index (Phi) is 6.30. The molecule has 7 nitrogen and oxygen atoms in total. The van der Waals surface area contributed by atoms with Gasteiger partial charge in [0.15, 0.2) is 0 Å². The minimum Gasteiger partial charge on any atom is -0.455 e. The lowest BCUT2D eigenvalue weighted by atomic mass is 9.99. The summed E-state index contributed by atoms with van der Waals surface area (Å²) >= 11 is 0. The van der Waals surface area contributed by atoms with Crippen LogP contribution in [-0.4, -0.2) is 58.3 Å². The molecule has 0 saturated heterocycles. The van der Waals surface area contributed by atoms with Crippen LogP contribution in [0.2, 0.25) is 0 Å². The van der Waals surface area contributed by atoms with Crippen molar-refractivity contribution in [3.05, 3.63) is 53.3 Å². The molecule has 1 aliphatic heterocycles. The number of nitrogens with zero attached hydrogens (tertiary/aromatic N) is 2. The van der Waals surface area contributed by atoms with Gasteiger partial charge in [0, 0.05) is 43.2 Å². The zero-order valence-electron chi connectivity index (χ0n) is 19.1. The third kappa shape index (κ3) is 4.85. The Hall–Kier alpha value is -3.12. The van der Waals surface area contributed by atoms with Gasteiger partial charge in [-0.05, 0) is 42.8 Å². The van der Waals surface area contributed by atoms with Crippen LogP contribution < -0.4 is 9.62 Å². The number of alkyl halides is 3. The van der Waals surface area contributed by atoms with Crippen molar-refractivity contribution < 1.29 is 35.2 Å². The third-order valence-corrected chi connectivity index (χ3v) is 7.22. The van der Waals surface area contributed by atoms with Gasteiger partial charge in [-0.25, -0.2) is 12.8 Å². The topological polar surface area (TPSA) is 82.9 Å². The number of furan rings is 1. The highest BCUT2D eigenvalue weighted by Gasteiger charge is 2.38. The van der Waals surface area contributed by atoms with Crippen LogP contribution in [0.4, 0.5) is 23.2 Å². The maximum atomic E-state index is 13.5. The van der Waals surface area contributed by atoms with E-state index in [4.69, 9.17) is 4.42 Å². The van der Waals surface area contributed by atoms with Gasteiger partial charge in [0.25, 0.3) is 5.91 Å². The van der Waals surface area contributed by atoms with Crippen LogP contribution in [-0.2, 0) is 10.0 Å². The van der Waals surface area contributed by atoms with Crippen molar-refractivity contribution in [1.82, 2.24) is 10.2 Å². The van der Waals surface area contributed by atoms with E-state index < -0.39 is 40.5 Å². The van der Waals surface area contributed by atoms with Gasteiger partial charge < -0.3 is 9.73 Å². The number of benzene rings is 2. The van der Waals surface area contributed by atoms with E-state index in [-0.39, 0.29) is 35.7 Å². The zero-order chi connectivity index (χ0) is 25.7. The molecule has 12 heteroatoms. The quantitative estimate of drug-likeness (QED) is 0.526. The first kappa shape index (κ1) is 25.0. The highest BCUT2D eigenvalue weighted by atomic mass is 32.2. The highest BCUT2D eigenvalue weighted by Crippen LogP contribution is 2.42. The summed E-state index contributed by atoms with van der Waals surface area (Å²) in [5.41, 5.74) is 1.18. The van der Waals surface area contributed by atoms with Gasteiger partial charge in [-0.1, -0.05) is 0 Å². The molecule has 1 amide bonds. The summed E-state index contributed by atoms with van der Waals surface area (Å²) in [5.74, 6) is -0.873. The van der Waals surface area contributed by atoms with E-state index >= 15 is 0 Å². The first-order valence-corrected chi connectivity index (χ1v) is 12.5. The van der Waals surface area contributed by atoms with Gasteiger partial charge in [-0.3, -0.25) is 14.0 Å². The number of sulfonamides is 1. The van der Waals surface area contributed by atoms with Crippen LogP contribution in [0.25, 0.3) is 22.3 Å². The summed E-state index contributed by atoms with van der Waals surface area (Å²) in [6.07, 6.45) is -3.51. The van der Waals surface area contributed by atoms with E-state index in [9.17, 15) is 30.8 Å². The summed E-state index contributed by atoms with van der Waals surface area (Å²) < 4.78 is 85.4. The number of halogens is 4. The first-order valence-electron chi connectivity index (χ1n) is 10.7. The van der Waals surface area contributed by atoms with E-state index in [0.717, 1.165) is 15.5 Å². The average Bonchev–Trinajstić information content (AvgIpc) is 3.07. The molecule has 188 valence electrons. The predicted molar refractivity (Wildman–Crippen MR) is 123 cm³/mol. The number of anilines is 1. The van der Waals surface area contributed by atoms with Gasteiger partial charge >= 0.3 is 6.18 Å². The Balaban J connectivity index is 1.99. The van der Waals surface area contributed by atoms with E-state index in [0.29, 0.717) is 16.5 Å². The van der Waals surface area contributed by atoms with Crippen molar-refractivity contribution >= 4 is 32.6 Å². The van der Waals surface area contributed by atoms with Crippen LogP contribution in [0.3, 0.4) is 0 Å². The molecule has 1 N–H and O–H groups in total.